The second kappa shape index (κ2) is 10.5. The van der Waals surface area contributed by atoms with Crippen molar-refractivity contribution >= 4 is 17.7 Å². The van der Waals surface area contributed by atoms with E-state index in [1.165, 1.54) is 13.0 Å². The molecule has 7 nitrogen and oxygen atoms in total. The van der Waals surface area contributed by atoms with Crippen LogP contribution in [-0.4, -0.2) is 65.3 Å². The van der Waals surface area contributed by atoms with Crippen LogP contribution in [0.15, 0.2) is 18.2 Å². The van der Waals surface area contributed by atoms with Gasteiger partial charge in [0.05, 0.1) is 18.7 Å². The van der Waals surface area contributed by atoms with E-state index < -0.39 is 23.1 Å². The molecule has 1 N–H and O–H groups in total. The summed E-state index contributed by atoms with van der Waals surface area (Å²) in [5.41, 5.74) is -0.519. The highest BCUT2D eigenvalue weighted by atomic mass is 19.2. The lowest BCUT2D eigenvalue weighted by atomic mass is 9.84. The number of likely N-dealkylation sites (tertiary alicyclic amines) is 2. The summed E-state index contributed by atoms with van der Waals surface area (Å²) in [4.78, 5) is 42.4. The molecule has 2 aliphatic heterocycles. The predicted octanol–water partition coefficient (Wildman–Crippen LogP) is 3.37. The minimum atomic E-state index is -1.00. The van der Waals surface area contributed by atoms with Crippen LogP contribution in [0.2, 0.25) is 0 Å². The largest absolute Gasteiger partial charge is 0.493 e. The topological polar surface area (TPSA) is 79.0 Å². The number of benzene rings is 1. The van der Waals surface area contributed by atoms with Gasteiger partial charge in [0, 0.05) is 37.9 Å². The van der Waals surface area contributed by atoms with Gasteiger partial charge in [-0.1, -0.05) is 34.6 Å². The molecule has 0 bridgehead atoms. The van der Waals surface area contributed by atoms with Crippen LogP contribution in [0.1, 0.15) is 54.4 Å². The maximum atomic E-state index is 13.8. The number of hydrogen-bond donors (Lipinski definition) is 1. The molecular formula is C26H37F2N3O4. The zero-order valence-corrected chi connectivity index (χ0v) is 21.4. The number of fused-ring (bicyclic) bond motifs is 1. The first-order chi connectivity index (χ1) is 16.3. The predicted molar refractivity (Wildman–Crippen MR) is 127 cm³/mol. The van der Waals surface area contributed by atoms with Crippen molar-refractivity contribution in [1.29, 1.82) is 0 Å². The van der Waals surface area contributed by atoms with Crippen LogP contribution in [0.5, 0.6) is 5.75 Å². The maximum absolute atomic E-state index is 13.8. The zero-order chi connectivity index (χ0) is 26.1. The number of carbonyl (C=O) groups is 3. The second-order valence-electron chi connectivity index (χ2n) is 10.8. The van der Waals surface area contributed by atoms with E-state index in [4.69, 9.17) is 4.74 Å². The van der Waals surface area contributed by atoms with Crippen LogP contribution >= 0.6 is 0 Å². The molecule has 3 amide bonds. The summed E-state index contributed by atoms with van der Waals surface area (Å²) in [7, 11) is 0. The third-order valence-corrected chi connectivity index (χ3v) is 7.24. The average molecular weight is 494 g/mol. The van der Waals surface area contributed by atoms with Crippen molar-refractivity contribution < 1.29 is 27.9 Å². The summed E-state index contributed by atoms with van der Waals surface area (Å²) in [6.45, 7) is 12.0. The molecule has 3 rings (SSSR count). The number of nitrogens with zero attached hydrogens (tertiary/aromatic N) is 2. The van der Waals surface area contributed by atoms with Gasteiger partial charge in [-0.25, -0.2) is 8.78 Å². The molecule has 2 heterocycles. The molecule has 2 saturated heterocycles. The third kappa shape index (κ3) is 5.76. The number of nitrogens with one attached hydrogen (secondary N) is 1. The van der Waals surface area contributed by atoms with E-state index in [0.29, 0.717) is 25.9 Å². The molecule has 194 valence electrons. The number of carbonyl (C=O) groups excluding carboxylic acids is 3. The van der Waals surface area contributed by atoms with Crippen molar-refractivity contribution in [1.82, 2.24) is 15.1 Å². The van der Waals surface area contributed by atoms with Gasteiger partial charge < -0.3 is 19.9 Å². The molecule has 0 radical (unpaired) electrons. The van der Waals surface area contributed by atoms with Crippen molar-refractivity contribution in [3.63, 3.8) is 0 Å². The zero-order valence-electron chi connectivity index (χ0n) is 21.4. The standard InChI is InChI=1S/C26H37F2N3O4/c1-7-15(2)24(33)29-23(26(4,5)6)25(34)30-11-10-21-22(30)17(13-31(21)16(3)32)14-35-18-8-9-19(27)20(28)12-18/h8-9,12,15,17,21-23H,7,10-11,13-14H2,1-6H3,(H,29,33)/t15-,17-,21-,22-,23-/m1/s1. The van der Waals surface area contributed by atoms with E-state index in [2.05, 4.69) is 5.32 Å². The molecule has 2 aliphatic rings. The minimum absolute atomic E-state index is 0.0814. The van der Waals surface area contributed by atoms with Gasteiger partial charge in [-0.15, -0.1) is 0 Å². The summed E-state index contributed by atoms with van der Waals surface area (Å²) in [6.07, 6.45) is 1.30. The van der Waals surface area contributed by atoms with Crippen LogP contribution in [0.25, 0.3) is 0 Å². The van der Waals surface area contributed by atoms with Gasteiger partial charge in [0.15, 0.2) is 11.6 Å². The van der Waals surface area contributed by atoms with E-state index in [1.54, 1.807) is 9.80 Å². The number of hydrogen-bond acceptors (Lipinski definition) is 4. The Labute approximate surface area is 206 Å². The third-order valence-electron chi connectivity index (χ3n) is 7.24. The maximum Gasteiger partial charge on any atom is 0.246 e. The van der Waals surface area contributed by atoms with Gasteiger partial charge in [-0.05, 0) is 30.4 Å². The summed E-state index contributed by atoms with van der Waals surface area (Å²) in [6, 6.07) is 2.18. The van der Waals surface area contributed by atoms with Crippen molar-refractivity contribution in [3.05, 3.63) is 29.8 Å². The van der Waals surface area contributed by atoms with Gasteiger partial charge in [0.1, 0.15) is 11.8 Å². The number of ether oxygens (including phenoxy) is 1. The van der Waals surface area contributed by atoms with Crippen molar-refractivity contribution in [2.75, 3.05) is 19.7 Å². The summed E-state index contributed by atoms with van der Waals surface area (Å²) < 4.78 is 32.7. The SMILES string of the molecule is CC[C@@H](C)C(=O)N[C@H](C(=O)N1CC[C@@H]2[C@H]1[C@@H](COc1ccc(F)c(F)c1)CN2C(C)=O)C(C)(C)C. The van der Waals surface area contributed by atoms with Crippen LogP contribution < -0.4 is 10.1 Å². The molecule has 0 aliphatic carbocycles. The Bertz CT molecular complexity index is 964. The molecule has 1 aromatic rings. The Hall–Kier alpha value is -2.71. The van der Waals surface area contributed by atoms with Crippen LogP contribution in [0.3, 0.4) is 0 Å². The molecule has 0 unspecified atom stereocenters. The van der Waals surface area contributed by atoms with Crippen LogP contribution in [-0.2, 0) is 14.4 Å². The first-order valence-electron chi connectivity index (χ1n) is 12.3. The number of rotatable bonds is 7. The molecule has 1 aromatic carbocycles. The Kier molecular flexibility index (Phi) is 8.07. The van der Waals surface area contributed by atoms with E-state index >= 15 is 0 Å². The Balaban J connectivity index is 1.83. The average Bonchev–Trinajstić information content (AvgIpc) is 3.37. The first kappa shape index (κ1) is 26.9. The molecule has 9 heteroatoms. The van der Waals surface area contributed by atoms with E-state index in [0.717, 1.165) is 12.1 Å². The lowest BCUT2D eigenvalue weighted by molar-refractivity contribution is -0.141. The van der Waals surface area contributed by atoms with Gasteiger partial charge in [-0.2, -0.15) is 0 Å². The van der Waals surface area contributed by atoms with E-state index in [9.17, 15) is 23.2 Å². The summed E-state index contributed by atoms with van der Waals surface area (Å²) >= 11 is 0. The molecule has 2 fully saturated rings. The van der Waals surface area contributed by atoms with Gasteiger partial charge >= 0.3 is 0 Å². The lowest BCUT2D eigenvalue weighted by Gasteiger charge is -2.37. The van der Waals surface area contributed by atoms with Gasteiger partial charge in [-0.3, -0.25) is 14.4 Å². The molecule has 0 spiro atoms. The Morgan fingerprint density at radius 2 is 1.86 bits per heavy atom. The monoisotopic (exact) mass is 493 g/mol. The summed E-state index contributed by atoms with van der Waals surface area (Å²) in [5.74, 6) is -2.61. The quantitative estimate of drug-likeness (QED) is 0.632. The molecule has 0 saturated carbocycles. The minimum Gasteiger partial charge on any atom is -0.493 e. The fraction of sp³-hybridized carbons (Fsp3) is 0.654. The molecule has 5 atom stereocenters. The van der Waals surface area contributed by atoms with Crippen molar-refractivity contribution in [3.8, 4) is 5.75 Å². The first-order valence-corrected chi connectivity index (χ1v) is 12.3. The molecule has 35 heavy (non-hydrogen) atoms. The normalized spacial score (nSPS) is 23.6. The van der Waals surface area contributed by atoms with Crippen LogP contribution in [0.4, 0.5) is 8.78 Å². The fourth-order valence-corrected chi connectivity index (χ4v) is 5.03. The number of amides is 3. The second-order valence-corrected chi connectivity index (χ2v) is 10.8. The Morgan fingerprint density at radius 3 is 2.43 bits per heavy atom. The molecule has 0 aromatic heterocycles. The van der Waals surface area contributed by atoms with Gasteiger partial charge in [0.2, 0.25) is 17.7 Å². The van der Waals surface area contributed by atoms with E-state index in [-0.39, 0.29) is 54.0 Å². The smallest absolute Gasteiger partial charge is 0.246 e. The Morgan fingerprint density at radius 1 is 1.17 bits per heavy atom. The van der Waals surface area contributed by atoms with Gasteiger partial charge in [0.25, 0.3) is 0 Å². The van der Waals surface area contributed by atoms with Crippen molar-refractivity contribution in [2.45, 2.75) is 72.5 Å². The lowest BCUT2D eigenvalue weighted by Crippen LogP contribution is -2.58. The molecular weight excluding hydrogens is 456 g/mol. The highest BCUT2D eigenvalue weighted by Gasteiger charge is 2.53. The van der Waals surface area contributed by atoms with Crippen molar-refractivity contribution in [2.24, 2.45) is 17.3 Å². The van der Waals surface area contributed by atoms with Crippen LogP contribution in [0, 0.1) is 28.9 Å². The van der Waals surface area contributed by atoms with E-state index in [1.807, 2.05) is 34.6 Å². The number of halogens is 2. The summed E-state index contributed by atoms with van der Waals surface area (Å²) in [5, 5.41) is 2.96. The highest BCUT2D eigenvalue weighted by molar-refractivity contribution is 5.89. The fourth-order valence-electron chi connectivity index (χ4n) is 5.03. The highest BCUT2D eigenvalue weighted by Crippen LogP contribution is 2.37.